The number of piperidine rings is 1. The predicted octanol–water partition coefficient (Wildman–Crippen LogP) is 3.83. The Morgan fingerprint density at radius 1 is 1.16 bits per heavy atom. The molecule has 10 heteroatoms. The Bertz CT molecular complexity index is 1080. The van der Waals surface area contributed by atoms with Gasteiger partial charge in [-0.3, -0.25) is 4.79 Å². The molecule has 1 amide bonds. The van der Waals surface area contributed by atoms with Crippen LogP contribution in [0.2, 0.25) is 0 Å². The summed E-state index contributed by atoms with van der Waals surface area (Å²) in [4.78, 5) is 19.0. The number of aromatic nitrogens is 2. The van der Waals surface area contributed by atoms with Crippen LogP contribution in [0.3, 0.4) is 0 Å². The molecule has 0 spiro atoms. The fourth-order valence-corrected chi connectivity index (χ4v) is 7.75. The lowest BCUT2D eigenvalue weighted by molar-refractivity contribution is -0.127. The zero-order valence-corrected chi connectivity index (χ0v) is 20.0. The van der Waals surface area contributed by atoms with E-state index in [1.54, 1.807) is 13.0 Å². The molecule has 8 nitrogen and oxygen atoms in total. The van der Waals surface area contributed by atoms with E-state index in [1.807, 2.05) is 0 Å². The number of nitrogens with one attached hydrogen (secondary N) is 1. The minimum atomic E-state index is -3.70. The van der Waals surface area contributed by atoms with Crippen molar-refractivity contribution < 1.29 is 17.7 Å². The molecular weight excluding hydrogens is 448 g/mol. The standard InChI is InChI=1S/C22H30N4O4S2/c1-14-19(12-18(31-14)20-24-22(30-25-20)15-9-10-15)32(28,29)26-11-5-6-16(13-26)21(27)23-17-7-3-2-4-8-17/h12,15-17H,2-11,13H2,1H3,(H,23,27)/t16-/m0/s1. The molecule has 1 saturated heterocycles. The summed E-state index contributed by atoms with van der Waals surface area (Å²) in [5.74, 6) is 1.14. The molecule has 5 rings (SSSR count). The van der Waals surface area contributed by atoms with Crippen LogP contribution in [0, 0.1) is 12.8 Å². The number of rotatable bonds is 6. The Hall–Kier alpha value is -1.78. The lowest BCUT2D eigenvalue weighted by Crippen LogP contribution is -2.47. The minimum Gasteiger partial charge on any atom is -0.353 e. The molecule has 0 unspecified atom stereocenters. The number of nitrogens with zero attached hydrogens (tertiary/aromatic N) is 3. The van der Waals surface area contributed by atoms with Crippen LogP contribution in [0.5, 0.6) is 0 Å². The van der Waals surface area contributed by atoms with Crippen molar-refractivity contribution in [3.8, 4) is 10.7 Å². The van der Waals surface area contributed by atoms with Crippen molar-refractivity contribution in [1.29, 1.82) is 0 Å². The summed E-state index contributed by atoms with van der Waals surface area (Å²) < 4.78 is 33.8. The first kappa shape index (κ1) is 22.0. The van der Waals surface area contributed by atoms with E-state index in [0.717, 1.165) is 44.9 Å². The predicted molar refractivity (Wildman–Crippen MR) is 121 cm³/mol. The summed E-state index contributed by atoms with van der Waals surface area (Å²) >= 11 is 1.36. The Morgan fingerprint density at radius 2 is 1.94 bits per heavy atom. The summed E-state index contributed by atoms with van der Waals surface area (Å²) in [5, 5.41) is 7.22. The van der Waals surface area contributed by atoms with E-state index < -0.39 is 10.0 Å². The molecule has 2 aliphatic carbocycles. The molecule has 174 valence electrons. The molecule has 0 radical (unpaired) electrons. The maximum Gasteiger partial charge on any atom is 0.244 e. The fourth-order valence-electron chi connectivity index (χ4n) is 4.74. The topological polar surface area (TPSA) is 105 Å². The average Bonchev–Trinajstić information content (AvgIpc) is 3.39. The zero-order valence-electron chi connectivity index (χ0n) is 18.4. The van der Waals surface area contributed by atoms with Gasteiger partial charge >= 0.3 is 0 Å². The third-order valence-corrected chi connectivity index (χ3v) is 9.95. The van der Waals surface area contributed by atoms with Gasteiger partial charge in [-0.15, -0.1) is 11.3 Å². The fraction of sp³-hybridized carbons (Fsp3) is 0.682. The molecule has 3 aliphatic rings. The molecule has 1 atom stereocenters. The highest BCUT2D eigenvalue weighted by Gasteiger charge is 2.36. The van der Waals surface area contributed by atoms with Crippen molar-refractivity contribution >= 4 is 27.3 Å². The summed E-state index contributed by atoms with van der Waals surface area (Å²) in [6.45, 7) is 2.48. The molecule has 2 saturated carbocycles. The first-order chi connectivity index (χ1) is 15.4. The van der Waals surface area contributed by atoms with E-state index in [-0.39, 0.29) is 29.3 Å². The van der Waals surface area contributed by atoms with Gasteiger partial charge in [-0.05, 0) is 51.5 Å². The van der Waals surface area contributed by atoms with E-state index in [9.17, 15) is 13.2 Å². The number of carbonyl (C=O) groups excluding carboxylic acids is 1. The number of hydrogen-bond acceptors (Lipinski definition) is 7. The van der Waals surface area contributed by atoms with Crippen LogP contribution in [-0.4, -0.2) is 47.9 Å². The summed E-state index contributed by atoms with van der Waals surface area (Å²) in [6.07, 6.45) is 9.13. The molecule has 3 fully saturated rings. The summed E-state index contributed by atoms with van der Waals surface area (Å²) in [5.41, 5.74) is 0. The van der Waals surface area contributed by atoms with Crippen molar-refractivity contribution in [2.75, 3.05) is 13.1 Å². The lowest BCUT2D eigenvalue weighted by atomic mass is 9.93. The van der Waals surface area contributed by atoms with Crippen LogP contribution in [-0.2, 0) is 14.8 Å². The smallest absolute Gasteiger partial charge is 0.244 e. The molecule has 2 aromatic heterocycles. The second-order valence-electron chi connectivity index (χ2n) is 9.31. The van der Waals surface area contributed by atoms with E-state index in [1.165, 1.54) is 22.1 Å². The Balaban J connectivity index is 1.30. The second-order valence-corrected chi connectivity index (χ2v) is 12.5. The van der Waals surface area contributed by atoms with Crippen molar-refractivity contribution in [2.45, 2.75) is 81.6 Å². The van der Waals surface area contributed by atoms with E-state index in [2.05, 4.69) is 15.5 Å². The highest BCUT2D eigenvalue weighted by molar-refractivity contribution is 7.89. The van der Waals surface area contributed by atoms with Gasteiger partial charge in [-0.25, -0.2) is 8.42 Å². The normalized spacial score (nSPS) is 23.3. The SMILES string of the molecule is Cc1sc(-c2noc(C3CC3)n2)cc1S(=O)(=O)N1CCC[C@H](C(=O)NC2CCCCC2)C1. The van der Waals surface area contributed by atoms with Gasteiger partial charge in [-0.2, -0.15) is 9.29 Å². The van der Waals surface area contributed by atoms with Crippen LogP contribution in [0.25, 0.3) is 10.7 Å². The van der Waals surface area contributed by atoms with Gasteiger partial charge in [0, 0.05) is 29.9 Å². The Kier molecular flexibility index (Phi) is 6.11. The van der Waals surface area contributed by atoms with Crippen molar-refractivity contribution in [2.24, 2.45) is 5.92 Å². The van der Waals surface area contributed by atoms with E-state index >= 15 is 0 Å². The van der Waals surface area contributed by atoms with Gasteiger partial charge in [0.2, 0.25) is 27.6 Å². The third kappa shape index (κ3) is 4.49. The van der Waals surface area contributed by atoms with Gasteiger partial charge in [0.15, 0.2) is 0 Å². The molecule has 1 aliphatic heterocycles. The maximum absolute atomic E-state index is 13.5. The van der Waals surface area contributed by atoms with E-state index in [0.29, 0.717) is 40.4 Å². The molecule has 1 N–H and O–H groups in total. The maximum atomic E-state index is 13.5. The van der Waals surface area contributed by atoms with Crippen LogP contribution in [0.15, 0.2) is 15.5 Å². The highest BCUT2D eigenvalue weighted by Crippen LogP contribution is 2.41. The molecule has 0 aromatic carbocycles. The van der Waals surface area contributed by atoms with Crippen molar-refractivity contribution in [1.82, 2.24) is 19.8 Å². The lowest BCUT2D eigenvalue weighted by Gasteiger charge is -2.32. The summed E-state index contributed by atoms with van der Waals surface area (Å²) in [6, 6.07) is 1.89. The Morgan fingerprint density at radius 3 is 2.69 bits per heavy atom. The van der Waals surface area contributed by atoms with Crippen LogP contribution >= 0.6 is 11.3 Å². The van der Waals surface area contributed by atoms with Gasteiger partial charge in [0.05, 0.1) is 15.7 Å². The molecule has 3 heterocycles. The third-order valence-electron chi connectivity index (χ3n) is 6.79. The summed E-state index contributed by atoms with van der Waals surface area (Å²) in [7, 11) is -3.70. The van der Waals surface area contributed by atoms with Crippen LogP contribution in [0.4, 0.5) is 0 Å². The average molecular weight is 479 g/mol. The first-order valence-electron chi connectivity index (χ1n) is 11.7. The van der Waals surface area contributed by atoms with Gasteiger partial charge in [0.1, 0.15) is 0 Å². The number of sulfonamides is 1. The van der Waals surface area contributed by atoms with Gasteiger partial charge in [0.25, 0.3) is 0 Å². The Labute approximate surface area is 192 Å². The van der Waals surface area contributed by atoms with Gasteiger partial charge in [-0.1, -0.05) is 24.4 Å². The molecule has 32 heavy (non-hydrogen) atoms. The first-order valence-corrected chi connectivity index (χ1v) is 13.9. The second kappa shape index (κ2) is 8.87. The molecule has 2 aromatic rings. The highest BCUT2D eigenvalue weighted by atomic mass is 32.2. The largest absolute Gasteiger partial charge is 0.353 e. The number of aryl methyl sites for hydroxylation is 1. The van der Waals surface area contributed by atoms with Crippen molar-refractivity contribution in [3.63, 3.8) is 0 Å². The van der Waals surface area contributed by atoms with Crippen LogP contribution in [0.1, 0.15) is 74.5 Å². The number of thiophene rings is 1. The van der Waals surface area contributed by atoms with Crippen molar-refractivity contribution in [3.05, 3.63) is 16.8 Å². The van der Waals surface area contributed by atoms with Gasteiger partial charge < -0.3 is 9.84 Å². The zero-order chi connectivity index (χ0) is 22.3. The minimum absolute atomic E-state index is 0.000989. The number of hydrogen-bond donors (Lipinski definition) is 1. The molecular formula is C22H30N4O4S2. The number of carbonyl (C=O) groups is 1. The monoisotopic (exact) mass is 478 g/mol. The van der Waals surface area contributed by atoms with Crippen LogP contribution < -0.4 is 5.32 Å². The molecule has 0 bridgehead atoms. The van der Waals surface area contributed by atoms with E-state index in [4.69, 9.17) is 4.52 Å². The number of amides is 1. The quantitative estimate of drug-likeness (QED) is 0.676.